The Bertz CT molecular complexity index is 453. The summed E-state index contributed by atoms with van der Waals surface area (Å²) in [7, 11) is 0. The van der Waals surface area contributed by atoms with Gasteiger partial charge in [0.15, 0.2) is 0 Å². The van der Waals surface area contributed by atoms with Gasteiger partial charge in [0.1, 0.15) is 0 Å². The number of benzene rings is 1. The topological polar surface area (TPSA) is 55.1 Å². The number of hydrogen-bond donors (Lipinski definition) is 2. The van der Waals surface area contributed by atoms with Crippen molar-refractivity contribution in [1.82, 2.24) is 0 Å². The van der Waals surface area contributed by atoms with E-state index in [4.69, 9.17) is 5.73 Å². The summed E-state index contributed by atoms with van der Waals surface area (Å²) < 4.78 is 1.17. The molecule has 3 nitrogen and oxygen atoms in total. The first-order valence-corrected chi connectivity index (χ1v) is 7.46. The molecule has 1 fully saturated rings. The second-order valence-corrected chi connectivity index (χ2v) is 6.24. The molecule has 3 N–H and O–H groups in total. The smallest absolute Gasteiger partial charge is 0.227 e. The maximum atomic E-state index is 12.1. The Morgan fingerprint density at radius 1 is 1.42 bits per heavy atom. The average molecular weight is 395 g/mol. The van der Waals surface area contributed by atoms with Gasteiger partial charge in [-0.25, -0.2) is 0 Å². The third-order valence-corrected chi connectivity index (χ3v) is 4.69. The number of nitrogens with one attached hydrogen (secondary N) is 1. The van der Waals surface area contributed by atoms with Gasteiger partial charge in [-0.05, 0) is 66.5 Å². The molecule has 0 bridgehead atoms. The molecule has 1 amide bonds. The van der Waals surface area contributed by atoms with E-state index in [1.165, 1.54) is 9.13 Å². The number of carbonyl (C=O) groups is 1. The van der Waals surface area contributed by atoms with Crippen LogP contribution in [-0.2, 0) is 4.79 Å². The fourth-order valence-electron chi connectivity index (χ4n) is 2.38. The van der Waals surface area contributed by atoms with Crippen LogP contribution < -0.4 is 11.1 Å². The van der Waals surface area contributed by atoms with E-state index in [0.717, 1.165) is 31.4 Å². The van der Waals surface area contributed by atoms with Crippen molar-refractivity contribution in [1.29, 1.82) is 0 Å². The molecule has 2 unspecified atom stereocenters. The van der Waals surface area contributed by atoms with E-state index in [1.807, 2.05) is 18.2 Å². The Labute approximate surface area is 134 Å². The molecule has 0 aromatic heterocycles. The molecular formula is C14H20ClIN2O. The third-order valence-electron chi connectivity index (χ3n) is 3.52. The van der Waals surface area contributed by atoms with Gasteiger partial charge < -0.3 is 11.1 Å². The molecule has 1 aliphatic rings. The second-order valence-electron chi connectivity index (χ2n) is 5.08. The first kappa shape index (κ1) is 16.7. The largest absolute Gasteiger partial charge is 0.328 e. The molecular weight excluding hydrogens is 375 g/mol. The van der Waals surface area contributed by atoms with Gasteiger partial charge in [-0.3, -0.25) is 4.79 Å². The van der Waals surface area contributed by atoms with Crippen molar-refractivity contribution in [3.05, 3.63) is 27.3 Å². The van der Waals surface area contributed by atoms with E-state index in [2.05, 4.69) is 34.8 Å². The van der Waals surface area contributed by atoms with Crippen LogP contribution >= 0.6 is 35.0 Å². The van der Waals surface area contributed by atoms with Gasteiger partial charge in [0, 0.05) is 21.2 Å². The highest BCUT2D eigenvalue weighted by Gasteiger charge is 2.25. The number of hydrogen-bond acceptors (Lipinski definition) is 2. The zero-order chi connectivity index (χ0) is 13.1. The van der Waals surface area contributed by atoms with Crippen molar-refractivity contribution < 1.29 is 4.79 Å². The van der Waals surface area contributed by atoms with Gasteiger partial charge in [-0.1, -0.05) is 12.5 Å². The number of carbonyl (C=O) groups excluding carboxylic acids is 1. The Morgan fingerprint density at radius 3 is 2.79 bits per heavy atom. The molecule has 0 radical (unpaired) electrons. The molecule has 0 saturated heterocycles. The molecule has 1 aliphatic carbocycles. The fraction of sp³-hybridized carbons (Fsp3) is 0.500. The maximum Gasteiger partial charge on any atom is 0.227 e. The molecule has 1 aromatic rings. The van der Waals surface area contributed by atoms with Crippen molar-refractivity contribution >= 4 is 46.6 Å². The lowest BCUT2D eigenvalue weighted by Gasteiger charge is -2.25. The third kappa shape index (κ3) is 4.61. The van der Waals surface area contributed by atoms with Crippen LogP contribution in [0.15, 0.2) is 18.2 Å². The van der Waals surface area contributed by atoms with Crippen molar-refractivity contribution in [2.45, 2.75) is 38.6 Å². The van der Waals surface area contributed by atoms with Crippen LogP contribution in [0.4, 0.5) is 5.69 Å². The molecule has 1 saturated carbocycles. The van der Waals surface area contributed by atoms with Crippen molar-refractivity contribution in [2.75, 3.05) is 5.32 Å². The zero-order valence-electron chi connectivity index (χ0n) is 11.0. The fourth-order valence-corrected chi connectivity index (χ4v) is 2.90. The highest BCUT2D eigenvalue weighted by atomic mass is 127. The molecule has 0 heterocycles. The summed E-state index contributed by atoms with van der Waals surface area (Å²) in [6, 6.07) is 6.19. The quantitative estimate of drug-likeness (QED) is 0.755. The number of anilines is 1. The first-order valence-electron chi connectivity index (χ1n) is 6.39. The highest BCUT2D eigenvalue weighted by molar-refractivity contribution is 14.1. The van der Waals surface area contributed by atoms with E-state index in [-0.39, 0.29) is 30.3 Å². The van der Waals surface area contributed by atoms with Crippen LogP contribution in [0.25, 0.3) is 0 Å². The predicted octanol–water partition coefficient (Wildman–Crippen LogP) is 3.48. The zero-order valence-corrected chi connectivity index (χ0v) is 14.0. The van der Waals surface area contributed by atoms with Crippen molar-refractivity contribution in [3.8, 4) is 0 Å². The predicted molar refractivity (Wildman–Crippen MR) is 89.7 cm³/mol. The molecule has 1 aromatic carbocycles. The normalized spacial score (nSPS) is 22.5. The van der Waals surface area contributed by atoms with E-state index in [1.54, 1.807) is 0 Å². The molecule has 5 heteroatoms. The Morgan fingerprint density at radius 2 is 2.16 bits per heavy atom. The van der Waals surface area contributed by atoms with Crippen LogP contribution in [-0.4, -0.2) is 11.9 Å². The van der Waals surface area contributed by atoms with E-state index >= 15 is 0 Å². The summed E-state index contributed by atoms with van der Waals surface area (Å²) in [6.45, 7) is 2.06. The summed E-state index contributed by atoms with van der Waals surface area (Å²) in [6.07, 6.45) is 3.88. The lowest BCUT2D eigenvalue weighted by molar-refractivity contribution is -0.120. The van der Waals surface area contributed by atoms with Gasteiger partial charge in [0.05, 0.1) is 0 Å². The van der Waals surface area contributed by atoms with Crippen LogP contribution in [0.1, 0.15) is 31.2 Å². The Kier molecular flexibility index (Phi) is 6.56. The van der Waals surface area contributed by atoms with Gasteiger partial charge >= 0.3 is 0 Å². The summed E-state index contributed by atoms with van der Waals surface area (Å²) in [4.78, 5) is 12.1. The molecule has 0 spiro atoms. The van der Waals surface area contributed by atoms with E-state index in [0.29, 0.717) is 0 Å². The Balaban J connectivity index is 0.00000180. The number of nitrogens with two attached hydrogens (primary N) is 1. The number of aryl methyl sites for hydroxylation is 1. The second kappa shape index (κ2) is 7.45. The molecule has 19 heavy (non-hydrogen) atoms. The van der Waals surface area contributed by atoms with E-state index < -0.39 is 0 Å². The molecule has 0 aliphatic heterocycles. The van der Waals surface area contributed by atoms with Crippen molar-refractivity contribution in [3.63, 3.8) is 0 Å². The summed E-state index contributed by atoms with van der Waals surface area (Å²) in [5, 5.41) is 3.00. The van der Waals surface area contributed by atoms with Crippen LogP contribution in [0.2, 0.25) is 0 Å². The number of rotatable bonds is 2. The summed E-state index contributed by atoms with van der Waals surface area (Å²) in [5.41, 5.74) is 8.03. The monoisotopic (exact) mass is 394 g/mol. The number of halogens is 2. The molecule has 2 rings (SSSR count). The van der Waals surface area contributed by atoms with Crippen LogP contribution in [0.5, 0.6) is 0 Å². The van der Waals surface area contributed by atoms with E-state index in [9.17, 15) is 4.79 Å². The van der Waals surface area contributed by atoms with Crippen LogP contribution in [0.3, 0.4) is 0 Å². The molecule has 2 atom stereocenters. The minimum Gasteiger partial charge on any atom is -0.328 e. The first-order chi connectivity index (χ1) is 8.56. The summed E-state index contributed by atoms with van der Waals surface area (Å²) >= 11 is 2.28. The minimum absolute atomic E-state index is 0. The van der Waals surface area contributed by atoms with Crippen molar-refractivity contribution in [2.24, 2.45) is 11.7 Å². The average Bonchev–Trinajstić information content (AvgIpc) is 2.34. The SMILES string of the molecule is Cc1ccc(NC(=O)C2CCCC(N)C2)cc1I.Cl. The van der Waals surface area contributed by atoms with Gasteiger partial charge in [-0.2, -0.15) is 0 Å². The van der Waals surface area contributed by atoms with Gasteiger partial charge in [0.2, 0.25) is 5.91 Å². The van der Waals surface area contributed by atoms with Gasteiger partial charge in [0.25, 0.3) is 0 Å². The number of amides is 1. The summed E-state index contributed by atoms with van der Waals surface area (Å²) in [5.74, 6) is 0.192. The highest BCUT2D eigenvalue weighted by Crippen LogP contribution is 2.25. The standard InChI is InChI=1S/C14H19IN2O.ClH/c1-9-5-6-12(8-13(9)15)17-14(18)10-3-2-4-11(16)7-10;/h5-6,8,10-11H,2-4,7,16H2,1H3,(H,17,18);1H. The van der Waals surface area contributed by atoms with Crippen LogP contribution in [0, 0.1) is 16.4 Å². The van der Waals surface area contributed by atoms with Gasteiger partial charge in [-0.15, -0.1) is 12.4 Å². The molecule has 106 valence electrons. The Hall–Kier alpha value is -0.330. The lowest BCUT2D eigenvalue weighted by Crippen LogP contribution is -2.34. The maximum absolute atomic E-state index is 12.1. The lowest BCUT2D eigenvalue weighted by atomic mass is 9.85. The minimum atomic E-state index is 0.